The molecule has 0 radical (unpaired) electrons. The lowest BCUT2D eigenvalue weighted by Gasteiger charge is -2.14. The van der Waals surface area contributed by atoms with Crippen molar-refractivity contribution in [2.45, 2.75) is 52.1 Å². The average molecular weight is 305 g/mol. The van der Waals surface area contributed by atoms with E-state index in [4.69, 9.17) is 14.7 Å². The molecule has 1 atom stereocenters. The Hall–Kier alpha value is -1.20. The minimum atomic E-state index is -0.0199. The monoisotopic (exact) mass is 305 g/mol. The van der Waals surface area contributed by atoms with Crippen molar-refractivity contribution in [3.05, 3.63) is 16.3 Å². The molecular formula is C16H23N3OS. The molecule has 0 saturated heterocycles. The fourth-order valence-electron chi connectivity index (χ4n) is 2.98. The lowest BCUT2D eigenvalue weighted by Crippen LogP contribution is -2.10. The standard InChI is InChI=1S/C16H23N3OS/c1-4-9-17-15-13-10-7-6-8-12(10)21-16(13)19-14(18-15)11(5-2)20-3/h11H,4-9H2,1-3H3,(H,17,18,19). The molecule has 1 unspecified atom stereocenters. The van der Waals surface area contributed by atoms with Gasteiger partial charge in [-0.2, -0.15) is 0 Å². The van der Waals surface area contributed by atoms with E-state index < -0.39 is 0 Å². The Labute approximate surface area is 129 Å². The summed E-state index contributed by atoms with van der Waals surface area (Å²) in [5.74, 6) is 1.82. The summed E-state index contributed by atoms with van der Waals surface area (Å²) in [7, 11) is 1.73. The molecule has 0 aromatic carbocycles. The number of aromatic nitrogens is 2. The van der Waals surface area contributed by atoms with Crippen molar-refractivity contribution in [3.63, 3.8) is 0 Å². The van der Waals surface area contributed by atoms with Crippen LogP contribution < -0.4 is 5.32 Å². The number of aryl methyl sites for hydroxylation is 2. The highest BCUT2D eigenvalue weighted by Crippen LogP contribution is 2.40. The van der Waals surface area contributed by atoms with E-state index >= 15 is 0 Å². The zero-order valence-electron chi connectivity index (χ0n) is 13.0. The van der Waals surface area contributed by atoms with Crippen LogP contribution in [-0.4, -0.2) is 23.6 Å². The van der Waals surface area contributed by atoms with Gasteiger partial charge in [0.05, 0.1) is 5.39 Å². The number of nitrogens with zero attached hydrogens (tertiary/aromatic N) is 2. The van der Waals surface area contributed by atoms with Crippen molar-refractivity contribution in [1.29, 1.82) is 0 Å². The predicted octanol–water partition coefficient (Wildman–Crippen LogP) is 4.10. The molecule has 0 aliphatic heterocycles. The molecule has 2 aromatic heterocycles. The Morgan fingerprint density at radius 2 is 2.14 bits per heavy atom. The smallest absolute Gasteiger partial charge is 0.161 e. The fraction of sp³-hybridized carbons (Fsp3) is 0.625. The van der Waals surface area contributed by atoms with Gasteiger partial charge >= 0.3 is 0 Å². The number of anilines is 1. The molecule has 5 heteroatoms. The first-order chi connectivity index (χ1) is 10.3. The van der Waals surface area contributed by atoms with Crippen LogP contribution in [0.4, 0.5) is 5.82 Å². The molecule has 2 aromatic rings. The highest BCUT2D eigenvalue weighted by molar-refractivity contribution is 7.19. The Morgan fingerprint density at radius 3 is 2.86 bits per heavy atom. The highest BCUT2D eigenvalue weighted by Gasteiger charge is 2.23. The van der Waals surface area contributed by atoms with Crippen LogP contribution in [0.1, 0.15) is 55.5 Å². The summed E-state index contributed by atoms with van der Waals surface area (Å²) in [5.41, 5.74) is 1.48. The Morgan fingerprint density at radius 1 is 1.29 bits per heavy atom. The maximum absolute atomic E-state index is 5.52. The number of thiophene rings is 1. The minimum Gasteiger partial charge on any atom is -0.373 e. The molecule has 0 bridgehead atoms. The number of ether oxygens (including phenoxy) is 1. The van der Waals surface area contributed by atoms with Gasteiger partial charge in [-0.1, -0.05) is 13.8 Å². The molecule has 2 heterocycles. The van der Waals surface area contributed by atoms with E-state index in [0.717, 1.165) is 35.9 Å². The molecule has 21 heavy (non-hydrogen) atoms. The lowest BCUT2D eigenvalue weighted by molar-refractivity contribution is 0.0930. The third-order valence-corrected chi connectivity index (χ3v) is 5.25. The summed E-state index contributed by atoms with van der Waals surface area (Å²) in [6, 6.07) is 0. The van der Waals surface area contributed by atoms with E-state index in [9.17, 15) is 0 Å². The van der Waals surface area contributed by atoms with Crippen LogP contribution in [0, 0.1) is 0 Å². The summed E-state index contributed by atoms with van der Waals surface area (Å²) >= 11 is 1.84. The fourth-order valence-corrected chi connectivity index (χ4v) is 4.25. The molecule has 114 valence electrons. The summed E-state index contributed by atoms with van der Waals surface area (Å²) in [6.07, 6.45) is 5.59. The van der Waals surface area contributed by atoms with Gasteiger partial charge in [-0.25, -0.2) is 9.97 Å². The van der Waals surface area contributed by atoms with E-state index in [0.29, 0.717) is 0 Å². The van der Waals surface area contributed by atoms with E-state index in [1.807, 2.05) is 11.3 Å². The first-order valence-corrected chi connectivity index (χ1v) is 8.68. The summed E-state index contributed by atoms with van der Waals surface area (Å²) in [4.78, 5) is 12.2. The SMILES string of the molecule is CCCNc1nc(C(CC)OC)nc2sc3c(c12)CCC3. The second kappa shape index (κ2) is 6.28. The third kappa shape index (κ3) is 2.64. The molecular weight excluding hydrogens is 282 g/mol. The van der Waals surface area contributed by atoms with Gasteiger partial charge in [0, 0.05) is 18.5 Å². The maximum Gasteiger partial charge on any atom is 0.161 e. The zero-order valence-corrected chi connectivity index (χ0v) is 13.8. The van der Waals surface area contributed by atoms with Crippen LogP contribution in [0.25, 0.3) is 10.2 Å². The molecule has 0 spiro atoms. The molecule has 3 rings (SSSR count). The minimum absolute atomic E-state index is 0.0199. The zero-order chi connectivity index (χ0) is 14.8. The maximum atomic E-state index is 5.52. The van der Waals surface area contributed by atoms with Crippen LogP contribution in [-0.2, 0) is 17.6 Å². The van der Waals surface area contributed by atoms with Gasteiger partial charge in [-0.3, -0.25) is 0 Å². The Kier molecular flexibility index (Phi) is 4.40. The number of fused-ring (bicyclic) bond motifs is 3. The molecule has 4 nitrogen and oxygen atoms in total. The van der Waals surface area contributed by atoms with Crippen molar-refractivity contribution < 1.29 is 4.74 Å². The number of hydrogen-bond acceptors (Lipinski definition) is 5. The Bertz CT molecular complexity index is 634. The molecule has 0 amide bonds. The predicted molar refractivity (Wildman–Crippen MR) is 88.3 cm³/mol. The van der Waals surface area contributed by atoms with Crippen LogP contribution in [0.5, 0.6) is 0 Å². The molecule has 1 aliphatic rings. The van der Waals surface area contributed by atoms with E-state index in [2.05, 4.69) is 19.2 Å². The van der Waals surface area contributed by atoms with Gasteiger partial charge < -0.3 is 10.1 Å². The highest BCUT2D eigenvalue weighted by atomic mass is 32.1. The van der Waals surface area contributed by atoms with Crippen LogP contribution in [0.2, 0.25) is 0 Å². The van der Waals surface area contributed by atoms with E-state index in [1.54, 1.807) is 7.11 Å². The average Bonchev–Trinajstić information content (AvgIpc) is 3.06. The van der Waals surface area contributed by atoms with E-state index in [-0.39, 0.29) is 6.10 Å². The second-order valence-corrected chi connectivity index (χ2v) is 6.61. The number of hydrogen-bond donors (Lipinski definition) is 1. The van der Waals surface area contributed by atoms with Crippen LogP contribution in [0.15, 0.2) is 0 Å². The third-order valence-electron chi connectivity index (χ3n) is 4.07. The van der Waals surface area contributed by atoms with Gasteiger partial charge in [-0.15, -0.1) is 11.3 Å². The molecule has 1 aliphatic carbocycles. The lowest BCUT2D eigenvalue weighted by atomic mass is 10.1. The van der Waals surface area contributed by atoms with Gasteiger partial charge in [-0.05, 0) is 37.7 Å². The molecule has 0 fully saturated rings. The van der Waals surface area contributed by atoms with Crippen molar-refractivity contribution in [3.8, 4) is 0 Å². The van der Waals surface area contributed by atoms with Crippen molar-refractivity contribution in [1.82, 2.24) is 9.97 Å². The molecule has 1 N–H and O–H groups in total. The summed E-state index contributed by atoms with van der Waals surface area (Å²) in [5, 5.41) is 4.76. The van der Waals surface area contributed by atoms with Gasteiger partial charge in [0.25, 0.3) is 0 Å². The van der Waals surface area contributed by atoms with Gasteiger partial charge in [0.2, 0.25) is 0 Å². The van der Waals surface area contributed by atoms with Crippen molar-refractivity contribution in [2.75, 3.05) is 19.0 Å². The molecule has 0 saturated carbocycles. The summed E-state index contributed by atoms with van der Waals surface area (Å²) < 4.78 is 5.52. The van der Waals surface area contributed by atoms with Crippen LogP contribution in [0.3, 0.4) is 0 Å². The van der Waals surface area contributed by atoms with Crippen molar-refractivity contribution in [2.24, 2.45) is 0 Å². The van der Waals surface area contributed by atoms with Crippen molar-refractivity contribution >= 4 is 27.4 Å². The van der Waals surface area contributed by atoms with Crippen LogP contribution >= 0.6 is 11.3 Å². The van der Waals surface area contributed by atoms with E-state index in [1.165, 1.54) is 35.1 Å². The van der Waals surface area contributed by atoms with Gasteiger partial charge in [0.1, 0.15) is 16.8 Å². The number of methoxy groups -OCH3 is 1. The largest absolute Gasteiger partial charge is 0.373 e. The first kappa shape index (κ1) is 14.7. The Balaban J connectivity index is 2.12. The number of nitrogens with one attached hydrogen (secondary N) is 1. The summed E-state index contributed by atoms with van der Waals surface area (Å²) in [6.45, 7) is 5.23. The first-order valence-electron chi connectivity index (χ1n) is 7.87. The second-order valence-electron chi connectivity index (χ2n) is 5.53. The topological polar surface area (TPSA) is 47.0 Å². The quantitative estimate of drug-likeness (QED) is 0.873. The van der Waals surface area contributed by atoms with Gasteiger partial charge in [0.15, 0.2) is 5.82 Å². The normalized spacial score (nSPS) is 15.4. The number of rotatable bonds is 6.